The third kappa shape index (κ3) is 2.87. The molecule has 2 aliphatic carbocycles. The molecule has 0 aliphatic heterocycles. The molecule has 4 rings (SSSR count). The highest BCUT2D eigenvalue weighted by Crippen LogP contribution is 2.66. The summed E-state index contributed by atoms with van der Waals surface area (Å²) in [5, 5.41) is 6.48. The van der Waals surface area contributed by atoms with Gasteiger partial charge in [0.25, 0.3) is 0 Å². The van der Waals surface area contributed by atoms with Gasteiger partial charge in [0.15, 0.2) is 0 Å². The molecule has 1 amide bonds. The quantitative estimate of drug-likeness (QED) is 0.637. The van der Waals surface area contributed by atoms with Crippen LogP contribution >= 0.6 is 0 Å². The average molecular weight is 350 g/mol. The van der Waals surface area contributed by atoms with Crippen molar-refractivity contribution in [3.8, 4) is 5.75 Å². The number of benzene rings is 2. The van der Waals surface area contributed by atoms with Crippen molar-refractivity contribution in [1.82, 2.24) is 5.43 Å². The standard InChI is InChI=1S/C22H26N2O2/c1-3-26-19-12-11-15-8-4-5-9-16(15)17(19)14-23-24-21(25)20-18-10-6-7-13-22(18,20)2/h4-5,8-9,11-12,14,18,20H,3,6-7,10,13H2,1-2H3,(H,24,25)/t18-,20-,22-/m0/s1. The van der Waals surface area contributed by atoms with E-state index in [-0.39, 0.29) is 17.2 Å². The van der Waals surface area contributed by atoms with Gasteiger partial charge in [0.2, 0.25) is 5.91 Å². The number of carbonyl (C=O) groups excluding carboxylic acids is 1. The fourth-order valence-corrected chi connectivity index (χ4v) is 4.77. The Morgan fingerprint density at radius 2 is 2.15 bits per heavy atom. The van der Waals surface area contributed by atoms with Crippen molar-refractivity contribution in [2.24, 2.45) is 22.4 Å². The van der Waals surface area contributed by atoms with Crippen molar-refractivity contribution >= 4 is 22.9 Å². The largest absolute Gasteiger partial charge is 0.493 e. The molecule has 2 aromatic rings. The summed E-state index contributed by atoms with van der Waals surface area (Å²) >= 11 is 0. The summed E-state index contributed by atoms with van der Waals surface area (Å²) in [5.74, 6) is 1.52. The van der Waals surface area contributed by atoms with E-state index in [1.807, 2.05) is 31.2 Å². The van der Waals surface area contributed by atoms with Crippen LogP contribution in [0.5, 0.6) is 5.75 Å². The van der Waals surface area contributed by atoms with Gasteiger partial charge in [0, 0.05) is 11.5 Å². The molecule has 2 aliphatic rings. The molecular formula is C22H26N2O2. The Hall–Kier alpha value is -2.36. The predicted octanol–water partition coefficient (Wildman–Crippen LogP) is 4.51. The number of hydrazone groups is 1. The minimum absolute atomic E-state index is 0.0637. The first kappa shape index (κ1) is 17.1. The lowest BCUT2D eigenvalue weighted by Gasteiger charge is -2.15. The van der Waals surface area contributed by atoms with E-state index in [0.29, 0.717) is 12.5 Å². The average Bonchev–Trinajstić information content (AvgIpc) is 3.29. The molecule has 0 aromatic heterocycles. The van der Waals surface area contributed by atoms with Gasteiger partial charge in [0.05, 0.1) is 12.8 Å². The first-order chi connectivity index (χ1) is 12.6. The van der Waals surface area contributed by atoms with Crippen molar-refractivity contribution in [1.29, 1.82) is 0 Å². The molecule has 0 unspecified atom stereocenters. The first-order valence-corrected chi connectivity index (χ1v) is 9.62. The van der Waals surface area contributed by atoms with Gasteiger partial charge in [-0.2, -0.15) is 5.10 Å². The van der Waals surface area contributed by atoms with Crippen LogP contribution in [0.15, 0.2) is 41.5 Å². The molecule has 0 heterocycles. The smallest absolute Gasteiger partial charge is 0.244 e. The lowest BCUT2D eigenvalue weighted by Crippen LogP contribution is -2.22. The van der Waals surface area contributed by atoms with E-state index >= 15 is 0 Å². The first-order valence-electron chi connectivity index (χ1n) is 9.62. The maximum absolute atomic E-state index is 12.6. The van der Waals surface area contributed by atoms with Crippen molar-refractivity contribution in [3.63, 3.8) is 0 Å². The van der Waals surface area contributed by atoms with Crippen molar-refractivity contribution in [3.05, 3.63) is 42.0 Å². The molecule has 136 valence electrons. The van der Waals surface area contributed by atoms with Gasteiger partial charge in [-0.25, -0.2) is 5.43 Å². The highest BCUT2D eigenvalue weighted by Gasteiger charge is 2.64. The number of hydrogen-bond donors (Lipinski definition) is 1. The molecule has 26 heavy (non-hydrogen) atoms. The van der Waals surface area contributed by atoms with Crippen molar-refractivity contribution in [2.75, 3.05) is 6.61 Å². The molecule has 0 bridgehead atoms. The van der Waals surface area contributed by atoms with Crippen LogP contribution in [0.1, 0.15) is 45.1 Å². The molecule has 1 N–H and O–H groups in total. The minimum atomic E-state index is 0.0637. The molecule has 0 radical (unpaired) electrons. The SMILES string of the molecule is CCOc1ccc2ccccc2c1C=NNC(=O)[C@@H]1[C@@H]2CCCC[C@]12C. The third-order valence-corrected chi connectivity index (χ3v) is 6.21. The highest BCUT2D eigenvalue weighted by atomic mass is 16.5. The summed E-state index contributed by atoms with van der Waals surface area (Å²) < 4.78 is 5.75. The van der Waals surface area contributed by atoms with E-state index < -0.39 is 0 Å². The van der Waals surface area contributed by atoms with Crippen LogP contribution in [-0.2, 0) is 4.79 Å². The monoisotopic (exact) mass is 350 g/mol. The summed E-state index contributed by atoms with van der Waals surface area (Å²) in [4.78, 5) is 12.6. The van der Waals surface area contributed by atoms with Crippen molar-refractivity contribution in [2.45, 2.75) is 39.5 Å². The normalized spacial score (nSPS) is 27.3. The summed E-state index contributed by atoms with van der Waals surface area (Å²) in [5.41, 5.74) is 3.89. The lowest BCUT2D eigenvalue weighted by molar-refractivity contribution is -0.123. The minimum Gasteiger partial charge on any atom is -0.493 e. The molecule has 2 saturated carbocycles. The Bertz CT molecular complexity index is 860. The summed E-state index contributed by atoms with van der Waals surface area (Å²) in [7, 11) is 0. The molecule has 0 spiro atoms. The maximum atomic E-state index is 12.6. The van der Waals surface area contributed by atoms with E-state index in [1.165, 1.54) is 19.3 Å². The third-order valence-electron chi connectivity index (χ3n) is 6.21. The lowest BCUT2D eigenvalue weighted by atomic mass is 9.90. The second-order valence-corrected chi connectivity index (χ2v) is 7.70. The molecule has 3 atom stereocenters. The van der Waals surface area contributed by atoms with Gasteiger partial charge in [-0.1, -0.05) is 50.1 Å². The molecule has 2 fully saturated rings. The predicted molar refractivity (Wildman–Crippen MR) is 104 cm³/mol. The number of rotatable bonds is 5. The van der Waals surface area contributed by atoms with E-state index in [2.05, 4.69) is 29.6 Å². The number of ether oxygens (including phenoxy) is 1. The molecule has 0 saturated heterocycles. The maximum Gasteiger partial charge on any atom is 0.244 e. The van der Waals surface area contributed by atoms with E-state index in [1.54, 1.807) is 6.21 Å². The Balaban J connectivity index is 1.53. The molecular weight excluding hydrogens is 324 g/mol. The number of amides is 1. The van der Waals surface area contributed by atoms with Gasteiger partial charge in [-0.05, 0) is 47.9 Å². The molecule has 4 heteroatoms. The van der Waals surface area contributed by atoms with Gasteiger partial charge < -0.3 is 4.74 Å². The van der Waals surface area contributed by atoms with Gasteiger partial charge in [-0.15, -0.1) is 0 Å². The Kier molecular flexibility index (Phi) is 4.43. The number of nitrogens with zero attached hydrogens (tertiary/aromatic N) is 1. The molecule has 4 nitrogen and oxygen atoms in total. The van der Waals surface area contributed by atoms with Crippen LogP contribution < -0.4 is 10.2 Å². The zero-order chi connectivity index (χ0) is 18.1. The molecule has 2 aromatic carbocycles. The van der Waals surface area contributed by atoms with Crippen molar-refractivity contribution < 1.29 is 9.53 Å². The van der Waals surface area contributed by atoms with Gasteiger partial charge in [0.1, 0.15) is 5.75 Å². The van der Waals surface area contributed by atoms with Gasteiger partial charge >= 0.3 is 0 Å². The number of carbonyl (C=O) groups is 1. The highest BCUT2D eigenvalue weighted by molar-refractivity contribution is 6.02. The van der Waals surface area contributed by atoms with Gasteiger partial charge in [-0.3, -0.25) is 4.79 Å². The van der Waals surface area contributed by atoms with E-state index in [4.69, 9.17) is 4.74 Å². The van der Waals surface area contributed by atoms with Crippen LogP contribution in [0, 0.1) is 17.3 Å². The van der Waals surface area contributed by atoms with Crippen LogP contribution in [0.4, 0.5) is 0 Å². The Labute approximate surface area is 154 Å². The van der Waals surface area contributed by atoms with E-state index in [0.717, 1.165) is 28.5 Å². The topological polar surface area (TPSA) is 50.7 Å². The number of fused-ring (bicyclic) bond motifs is 2. The van der Waals surface area contributed by atoms with E-state index in [9.17, 15) is 4.79 Å². The number of hydrogen-bond acceptors (Lipinski definition) is 3. The Morgan fingerprint density at radius 3 is 2.92 bits per heavy atom. The fourth-order valence-electron chi connectivity index (χ4n) is 4.77. The van der Waals surface area contributed by atoms with Crippen LogP contribution in [0.3, 0.4) is 0 Å². The van der Waals surface area contributed by atoms with Crippen LogP contribution in [0.2, 0.25) is 0 Å². The summed E-state index contributed by atoms with van der Waals surface area (Å²) in [6, 6.07) is 12.1. The summed E-state index contributed by atoms with van der Waals surface area (Å²) in [6.07, 6.45) is 6.56. The van der Waals surface area contributed by atoms with Crippen LogP contribution in [-0.4, -0.2) is 18.7 Å². The Morgan fingerprint density at radius 1 is 1.31 bits per heavy atom. The fraction of sp³-hybridized carbons (Fsp3) is 0.455. The number of nitrogens with one attached hydrogen (secondary N) is 1. The summed E-state index contributed by atoms with van der Waals surface area (Å²) in [6.45, 7) is 4.81. The zero-order valence-electron chi connectivity index (χ0n) is 15.5. The van der Waals surface area contributed by atoms with Crippen LogP contribution in [0.25, 0.3) is 10.8 Å². The second kappa shape index (κ2) is 6.75. The zero-order valence-corrected chi connectivity index (χ0v) is 15.5. The second-order valence-electron chi connectivity index (χ2n) is 7.70.